The molecule has 2 heterocycles. The molecule has 1 saturated carbocycles. The van der Waals surface area contributed by atoms with Crippen LogP contribution in [0.5, 0.6) is 5.88 Å². The van der Waals surface area contributed by atoms with Crippen LogP contribution >= 0.6 is 0 Å². The molecule has 0 aromatic carbocycles. The number of amides is 1. The van der Waals surface area contributed by atoms with E-state index in [-0.39, 0.29) is 18.1 Å². The van der Waals surface area contributed by atoms with E-state index in [9.17, 15) is 4.79 Å². The van der Waals surface area contributed by atoms with Gasteiger partial charge in [0, 0.05) is 31.0 Å². The molecule has 0 bridgehead atoms. The van der Waals surface area contributed by atoms with Gasteiger partial charge in [-0.15, -0.1) is 0 Å². The fourth-order valence-electron chi connectivity index (χ4n) is 3.38. The van der Waals surface area contributed by atoms with Crippen molar-refractivity contribution in [2.75, 3.05) is 0 Å². The molecule has 0 radical (unpaired) electrons. The van der Waals surface area contributed by atoms with Crippen LogP contribution in [0.1, 0.15) is 53.0 Å². The number of pyridine rings is 1. The fraction of sp³-hybridized carbons (Fsp3) is 0.526. The number of ether oxygens (including phenoxy) is 1. The number of aromatic nitrogens is 3. The predicted molar refractivity (Wildman–Crippen MR) is 95.8 cm³/mol. The molecule has 1 N–H and O–H groups in total. The van der Waals surface area contributed by atoms with E-state index in [0.29, 0.717) is 11.4 Å². The molecule has 1 amide bonds. The van der Waals surface area contributed by atoms with Gasteiger partial charge in [0.15, 0.2) is 0 Å². The topological polar surface area (TPSA) is 69.0 Å². The number of aryl methyl sites for hydroxylation is 3. The van der Waals surface area contributed by atoms with E-state index in [1.165, 1.54) is 0 Å². The van der Waals surface area contributed by atoms with Gasteiger partial charge in [-0.05, 0) is 52.0 Å². The van der Waals surface area contributed by atoms with Crippen molar-refractivity contribution in [1.82, 2.24) is 20.1 Å². The predicted octanol–water partition coefficient (Wildman–Crippen LogP) is 2.86. The third-order valence-corrected chi connectivity index (χ3v) is 4.92. The first-order chi connectivity index (χ1) is 11.9. The molecule has 25 heavy (non-hydrogen) atoms. The summed E-state index contributed by atoms with van der Waals surface area (Å²) in [5, 5.41) is 7.48. The lowest BCUT2D eigenvalue weighted by molar-refractivity contribution is 0.0889. The molecular formula is C19H26N4O2. The van der Waals surface area contributed by atoms with E-state index in [0.717, 1.165) is 42.6 Å². The number of nitrogens with one attached hydrogen (secondary N) is 1. The number of nitrogens with zero attached hydrogens (tertiary/aromatic N) is 3. The maximum Gasteiger partial charge on any atom is 0.255 e. The van der Waals surface area contributed by atoms with Gasteiger partial charge in [0.25, 0.3) is 5.91 Å². The van der Waals surface area contributed by atoms with Gasteiger partial charge >= 0.3 is 0 Å². The second kappa shape index (κ2) is 7.25. The average molecular weight is 342 g/mol. The van der Waals surface area contributed by atoms with Gasteiger partial charge in [-0.1, -0.05) is 6.07 Å². The Bertz CT molecular complexity index is 744. The number of rotatable bonds is 4. The summed E-state index contributed by atoms with van der Waals surface area (Å²) in [5.41, 5.74) is 3.50. The summed E-state index contributed by atoms with van der Waals surface area (Å²) in [7, 11) is 1.86. The van der Waals surface area contributed by atoms with E-state index < -0.39 is 0 Å². The molecule has 0 spiro atoms. The molecule has 1 aliphatic carbocycles. The van der Waals surface area contributed by atoms with Gasteiger partial charge in [0.05, 0.1) is 11.3 Å². The van der Waals surface area contributed by atoms with E-state index in [1.807, 2.05) is 46.1 Å². The third-order valence-electron chi connectivity index (χ3n) is 4.92. The van der Waals surface area contributed by atoms with Crippen LogP contribution in [0.4, 0.5) is 0 Å². The molecular weight excluding hydrogens is 316 g/mol. The van der Waals surface area contributed by atoms with Crippen LogP contribution < -0.4 is 10.1 Å². The van der Waals surface area contributed by atoms with E-state index >= 15 is 0 Å². The molecule has 0 unspecified atom stereocenters. The second-order valence-electron chi connectivity index (χ2n) is 6.91. The second-order valence-corrected chi connectivity index (χ2v) is 6.91. The minimum atomic E-state index is -0.0207. The summed E-state index contributed by atoms with van der Waals surface area (Å²) in [6, 6.07) is 4.11. The van der Waals surface area contributed by atoms with E-state index in [1.54, 1.807) is 4.68 Å². The highest BCUT2D eigenvalue weighted by atomic mass is 16.5. The summed E-state index contributed by atoms with van der Waals surface area (Å²) in [6.45, 7) is 5.81. The molecule has 2 aromatic heterocycles. The van der Waals surface area contributed by atoms with Crippen molar-refractivity contribution in [2.45, 2.75) is 58.6 Å². The Hall–Kier alpha value is -2.37. The van der Waals surface area contributed by atoms with Crippen LogP contribution in [-0.2, 0) is 7.05 Å². The summed E-state index contributed by atoms with van der Waals surface area (Å²) >= 11 is 0. The number of hydrogen-bond donors (Lipinski definition) is 1. The lowest BCUT2D eigenvalue weighted by Crippen LogP contribution is -2.40. The molecule has 6 nitrogen and oxygen atoms in total. The van der Waals surface area contributed by atoms with Crippen molar-refractivity contribution in [2.24, 2.45) is 7.05 Å². The van der Waals surface area contributed by atoms with Gasteiger partial charge in [0.2, 0.25) is 5.88 Å². The first kappa shape index (κ1) is 17.5. The fourth-order valence-corrected chi connectivity index (χ4v) is 3.38. The maximum atomic E-state index is 12.6. The smallest absolute Gasteiger partial charge is 0.255 e. The molecule has 134 valence electrons. The summed E-state index contributed by atoms with van der Waals surface area (Å²) < 4.78 is 7.71. The highest BCUT2D eigenvalue weighted by Crippen LogP contribution is 2.23. The van der Waals surface area contributed by atoms with Crippen LogP contribution in [0, 0.1) is 20.8 Å². The Morgan fingerprint density at radius 3 is 2.48 bits per heavy atom. The zero-order valence-corrected chi connectivity index (χ0v) is 15.4. The quantitative estimate of drug-likeness (QED) is 0.928. The van der Waals surface area contributed by atoms with E-state index in [2.05, 4.69) is 15.4 Å². The highest BCUT2D eigenvalue weighted by Gasteiger charge is 2.26. The Balaban J connectivity index is 1.52. The molecule has 1 fully saturated rings. The Kier molecular flexibility index (Phi) is 5.06. The Morgan fingerprint density at radius 2 is 1.92 bits per heavy atom. The summed E-state index contributed by atoms with van der Waals surface area (Å²) in [5.74, 6) is 0.660. The lowest BCUT2D eigenvalue weighted by atomic mass is 9.92. The molecule has 6 heteroatoms. The van der Waals surface area contributed by atoms with Crippen molar-refractivity contribution >= 4 is 5.91 Å². The highest BCUT2D eigenvalue weighted by molar-refractivity contribution is 5.96. The van der Waals surface area contributed by atoms with Crippen molar-refractivity contribution in [1.29, 1.82) is 0 Å². The number of carbonyl (C=O) groups excluding carboxylic acids is 1. The lowest BCUT2D eigenvalue weighted by Gasteiger charge is -2.29. The zero-order valence-electron chi connectivity index (χ0n) is 15.4. The standard InChI is InChI=1S/C19H26N4O2/c1-12-5-10-17(20-11-12)25-16-8-6-15(7-9-16)21-19(24)18-13(2)22-23(4)14(18)3/h5,10-11,15-16H,6-9H2,1-4H3,(H,21,24). The molecule has 1 aliphatic rings. The van der Waals surface area contributed by atoms with Crippen LogP contribution in [0.3, 0.4) is 0 Å². The number of carbonyl (C=O) groups is 1. The van der Waals surface area contributed by atoms with Gasteiger partial charge in [-0.25, -0.2) is 4.98 Å². The molecule has 0 saturated heterocycles. The first-order valence-corrected chi connectivity index (χ1v) is 8.84. The number of hydrogen-bond acceptors (Lipinski definition) is 4. The largest absolute Gasteiger partial charge is 0.474 e. The first-order valence-electron chi connectivity index (χ1n) is 8.84. The molecule has 2 aromatic rings. The van der Waals surface area contributed by atoms with Gasteiger partial charge in [0.1, 0.15) is 6.10 Å². The van der Waals surface area contributed by atoms with Crippen molar-refractivity contribution < 1.29 is 9.53 Å². The average Bonchev–Trinajstić information content (AvgIpc) is 2.84. The minimum absolute atomic E-state index is 0.0207. The molecule has 0 atom stereocenters. The van der Waals surface area contributed by atoms with E-state index in [4.69, 9.17) is 4.74 Å². The summed E-state index contributed by atoms with van der Waals surface area (Å²) in [6.07, 6.45) is 5.67. The van der Waals surface area contributed by atoms with Crippen molar-refractivity contribution in [3.05, 3.63) is 40.8 Å². The van der Waals surface area contributed by atoms with Gasteiger partial charge < -0.3 is 10.1 Å². The SMILES string of the molecule is Cc1ccc(OC2CCC(NC(=O)c3c(C)nn(C)c3C)CC2)nc1. The van der Waals surface area contributed by atoms with Crippen LogP contribution in [0.25, 0.3) is 0 Å². The monoisotopic (exact) mass is 342 g/mol. The summed E-state index contributed by atoms with van der Waals surface area (Å²) in [4.78, 5) is 16.9. The third kappa shape index (κ3) is 4.00. The normalized spacial score (nSPS) is 20.3. The van der Waals surface area contributed by atoms with Gasteiger partial charge in [-0.3, -0.25) is 9.48 Å². The minimum Gasteiger partial charge on any atom is -0.474 e. The Morgan fingerprint density at radius 1 is 1.20 bits per heavy atom. The van der Waals surface area contributed by atoms with Crippen molar-refractivity contribution in [3.8, 4) is 5.88 Å². The van der Waals surface area contributed by atoms with Gasteiger partial charge in [-0.2, -0.15) is 5.10 Å². The molecule has 3 rings (SSSR count). The maximum absolute atomic E-state index is 12.6. The van der Waals surface area contributed by atoms with Crippen LogP contribution in [-0.4, -0.2) is 32.8 Å². The Labute approximate surface area is 148 Å². The van der Waals surface area contributed by atoms with Crippen LogP contribution in [0.2, 0.25) is 0 Å². The van der Waals surface area contributed by atoms with Crippen molar-refractivity contribution in [3.63, 3.8) is 0 Å². The zero-order chi connectivity index (χ0) is 18.0. The van der Waals surface area contributed by atoms with Crippen LogP contribution in [0.15, 0.2) is 18.3 Å². The molecule has 0 aliphatic heterocycles.